The summed E-state index contributed by atoms with van der Waals surface area (Å²) in [5, 5.41) is 11.1. The average Bonchev–Trinajstić information content (AvgIpc) is 3.58. The van der Waals surface area contributed by atoms with Gasteiger partial charge in [-0.05, 0) is 71.6 Å². The molecule has 2 N–H and O–H groups in total. The van der Waals surface area contributed by atoms with Gasteiger partial charge in [0, 0.05) is 42.3 Å². The number of amides is 2. The number of nitrogens with zero attached hydrogens (tertiary/aromatic N) is 5. The van der Waals surface area contributed by atoms with Crippen molar-refractivity contribution in [1.82, 2.24) is 24.3 Å². The van der Waals surface area contributed by atoms with Gasteiger partial charge in [-0.15, -0.1) is 0 Å². The van der Waals surface area contributed by atoms with Crippen molar-refractivity contribution >= 4 is 28.4 Å². The van der Waals surface area contributed by atoms with Crippen molar-refractivity contribution in [1.29, 1.82) is 0 Å². The van der Waals surface area contributed by atoms with Gasteiger partial charge in [0.1, 0.15) is 29.7 Å². The highest BCUT2D eigenvalue weighted by Gasteiger charge is 2.23. The molecule has 0 fully saturated rings. The van der Waals surface area contributed by atoms with Crippen LogP contribution in [0.2, 0.25) is 0 Å². The number of carbonyl (C=O) groups is 1. The minimum atomic E-state index is -0.471. The van der Waals surface area contributed by atoms with Crippen molar-refractivity contribution in [2.45, 2.75) is 85.7 Å². The second-order valence-electron chi connectivity index (χ2n) is 13.2. The molecule has 0 saturated carbocycles. The summed E-state index contributed by atoms with van der Waals surface area (Å²) < 4.78 is 9.58. The number of hydrogen-bond donors (Lipinski definition) is 2. The number of benzene rings is 2. The quantitative estimate of drug-likeness (QED) is 0.117. The third kappa shape index (κ3) is 8.10. The third-order valence-electron chi connectivity index (χ3n) is 8.42. The molecule has 252 valence electrons. The molecule has 48 heavy (non-hydrogen) atoms. The summed E-state index contributed by atoms with van der Waals surface area (Å²) in [6.07, 6.45) is 7.42. The molecule has 5 rings (SSSR count). The van der Waals surface area contributed by atoms with Crippen molar-refractivity contribution in [3.63, 3.8) is 0 Å². The van der Waals surface area contributed by atoms with Crippen LogP contribution < -0.4 is 20.9 Å². The first-order chi connectivity index (χ1) is 23.1. The number of fused-ring (bicyclic) bond motifs is 1. The lowest BCUT2D eigenvalue weighted by molar-refractivity contribution is 0.262. The Morgan fingerprint density at radius 2 is 1.60 bits per heavy atom. The Morgan fingerprint density at radius 1 is 0.875 bits per heavy atom. The van der Waals surface area contributed by atoms with Crippen LogP contribution in [0.5, 0.6) is 5.75 Å². The van der Waals surface area contributed by atoms with E-state index in [2.05, 4.69) is 67.2 Å². The number of pyridine rings is 2. The van der Waals surface area contributed by atoms with Gasteiger partial charge in [-0.2, -0.15) is 5.10 Å². The van der Waals surface area contributed by atoms with Gasteiger partial charge in [0.05, 0.1) is 6.61 Å². The van der Waals surface area contributed by atoms with Gasteiger partial charge in [0.15, 0.2) is 0 Å². The lowest BCUT2D eigenvalue weighted by Crippen LogP contribution is -2.30. The first-order valence-electron chi connectivity index (χ1n) is 16.9. The Labute approximate surface area is 282 Å². The summed E-state index contributed by atoms with van der Waals surface area (Å²) in [6.45, 7) is 14.4. The van der Waals surface area contributed by atoms with E-state index in [4.69, 9.17) is 4.74 Å². The maximum Gasteiger partial charge on any atom is 0.323 e. The molecule has 0 aliphatic heterocycles. The number of aryl methyl sites for hydroxylation is 2. The number of nitrogens with one attached hydrogen (secondary N) is 2. The number of para-hydroxylation sites is 1. The fourth-order valence-electron chi connectivity index (χ4n) is 6.02. The lowest BCUT2D eigenvalue weighted by atomic mass is 9.93. The van der Waals surface area contributed by atoms with E-state index < -0.39 is 6.03 Å². The monoisotopic (exact) mass is 649 g/mol. The van der Waals surface area contributed by atoms with Crippen LogP contribution >= 0.6 is 0 Å². The normalized spacial score (nSPS) is 11.5. The van der Waals surface area contributed by atoms with E-state index >= 15 is 0 Å². The molecule has 0 radical (unpaired) electrons. The zero-order chi connectivity index (χ0) is 34.2. The molecule has 0 spiro atoms. The van der Waals surface area contributed by atoms with Gasteiger partial charge in [0.25, 0.3) is 5.56 Å². The maximum atomic E-state index is 14.4. The molecule has 0 atom stereocenters. The molecular weight excluding hydrogens is 602 g/mol. The van der Waals surface area contributed by atoms with Crippen LogP contribution in [-0.4, -0.2) is 37.0 Å². The number of anilines is 2. The zero-order valence-electron chi connectivity index (χ0n) is 28.9. The highest BCUT2D eigenvalue weighted by molar-refractivity contribution is 6.07. The molecule has 2 aromatic carbocycles. The number of rotatable bonds is 14. The van der Waals surface area contributed by atoms with E-state index in [0.717, 1.165) is 47.0 Å². The Balaban J connectivity index is 1.55. The second-order valence-corrected chi connectivity index (χ2v) is 13.2. The molecule has 0 aliphatic rings. The number of hydrogen-bond acceptors (Lipinski definition) is 6. The lowest BCUT2D eigenvalue weighted by Gasteiger charge is -2.22. The van der Waals surface area contributed by atoms with Crippen molar-refractivity contribution in [3.05, 3.63) is 94.9 Å². The summed E-state index contributed by atoms with van der Waals surface area (Å²) in [7, 11) is 0. The Morgan fingerprint density at radius 3 is 2.29 bits per heavy atom. The van der Waals surface area contributed by atoms with E-state index in [1.54, 1.807) is 21.8 Å². The highest BCUT2D eigenvalue weighted by Crippen LogP contribution is 2.36. The van der Waals surface area contributed by atoms with E-state index in [9.17, 15) is 9.59 Å². The number of urea groups is 1. The summed E-state index contributed by atoms with van der Waals surface area (Å²) >= 11 is 0. The van der Waals surface area contributed by atoms with Gasteiger partial charge >= 0.3 is 6.03 Å². The highest BCUT2D eigenvalue weighted by atomic mass is 16.5. The van der Waals surface area contributed by atoms with Crippen LogP contribution in [0.1, 0.15) is 83.8 Å². The smallest absolute Gasteiger partial charge is 0.323 e. The fraction of sp³-hybridized carbons (Fsp3) is 0.395. The fourth-order valence-corrected chi connectivity index (χ4v) is 6.02. The van der Waals surface area contributed by atoms with Crippen molar-refractivity contribution < 1.29 is 9.53 Å². The largest absolute Gasteiger partial charge is 0.494 e. The molecule has 3 aromatic heterocycles. The van der Waals surface area contributed by atoms with Crippen molar-refractivity contribution in [2.75, 3.05) is 17.2 Å². The summed E-state index contributed by atoms with van der Waals surface area (Å²) in [5.74, 6) is 1.54. The molecule has 2 amide bonds. The topological polar surface area (TPSA) is 116 Å². The second kappa shape index (κ2) is 15.7. The third-order valence-corrected chi connectivity index (χ3v) is 8.42. The molecule has 10 heteroatoms. The Kier molecular flexibility index (Phi) is 11.3. The summed E-state index contributed by atoms with van der Waals surface area (Å²) in [5.41, 5.74) is 4.70. The van der Waals surface area contributed by atoms with Gasteiger partial charge < -0.3 is 15.4 Å². The van der Waals surface area contributed by atoms with Crippen LogP contribution in [-0.2, 0) is 13.1 Å². The van der Waals surface area contributed by atoms with Crippen LogP contribution in [0.3, 0.4) is 0 Å². The molecule has 0 unspecified atom stereocenters. The van der Waals surface area contributed by atoms with E-state index in [0.29, 0.717) is 42.6 Å². The van der Waals surface area contributed by atoms with Crippen LogP contribution in [0.15, 0.2) is 78.2 Å². The predicted molar refractivity (Wildman–Crippen MR) is 193 cm³/mol. The molecule has 0 aliphatic carbocycles. The van der Waals surface area contributed by atoms with Crippen LogP contribution in [0.4, 0.5) is 16.2 Å². The van der Waals surface area contributed by atoms with Crippen molar-refractivity contribution in [2.24, 2.45) is 5.92 Å². The molecule has 10 nitrogen and oxygen atoms in total. The minimum absolute atomic E-state index is 0.193. The zero-order valence-corrected chi connectivity index (χ0v) is 28.9. The summed E-state index contributed by atoms with van der Waals surface area (Å²) in [6, 6.07) is 17.1. The van der Waals surface area contributed by atoms with Gasteiger partial charge in [-0.3, -0.25) is 14.0 Å². The predicted octanol–water partition coefficient (Wildman–Crippen LogP) is 8.45. The molecular formula is C38H47N7O3. The number of aromatic nitrogens is 5. The Bertz CT molecular complexity index is 1870. The molecule has 3 heterocycles. The maximum absolute atomic E-state index is 14.4. The summed E-state index contributed by atoms with van der Waals surface area (Å²) in [4.78, 5) is 37.0. The van der Waals surface area contributed by atoms with E-state index in [1.807, 2.05) is 54.6 Å². The van der Waals surface area contributed by atoms with Gasteiger partial charge in [-0.25, -0.2) is 14.8 Å². The Hall–Kier alpha value is -4.99. The molecule has 0 bridgehead atoms. The van der Waals surface area contributed by atoms with Gasteiger partial charge in [-0.1, -0.05) is 71.9 Å². The minimum Gasteiger partial charge on any atom is -0.494 e. The first-order valence-corrected chi connectivity index (χ1v) is 16.9. The molecule has 0 saturated heterocycles. The van der Waals surface area contributed by atoms with Gasteiger partial charge in [0.2, 0.25) is 0 Å². The van der Waals surface area contributed by atoms with Crippen LogP contribution in [0.25, 0.3) is 22.2 Å². The average molecular weight is 650 g/mol. The standard InChI is InChI=1S/C38H47N7O3/c1-25(2)12-10-20-45-36-32(17-9-18-40-36)33(28-13-7-14-29(22-28)48-21-11-19-44-24-39-23-41-44)35(37(45)46)43-38(47)42-34-30(26(3)4)15-8-16-31(34)27(5)6/h7-9,13-18,22-27H,10-12,19-21H2,1-6H3,(H2,42,43,47). The van der Waals surface area contributed by atoms with E-state index in [-0.39, 0.29) is 23.1 Å². The number of ether oxygens (including phenoxy) is 1. The van der Waals surface area contributed by atoms with Crippen molar-refractivity contribution in [3.8, 4) is 16.9 Å². The first kappa shape index (κ1) is 34.3. The van der Waals surface area contributed by atoms with E-state index in [1.165, 1.54) is 6.33 Å². The van der Waals surface area contributed by atoms with Crippen LogP contribution in [0, 0.1) is 5.92 Å². The molecule has 5 aromatic rings. The number of carbonyl (C=O) groups excluding carboxylic acids is 1. The SMILES string of the molecule is CC(C)CCCn1c(=O)c(NC(=O)Nc2c(C(C)C)cccc2C(C)C)c(-c2cccc(OCCCn3cncn3)c2)c2cccnc21.